The van der Waals surface area contributed by atoms with Gasteiger partial charge in [-0.05, 0) is 17.7 Å². The summed E-state index contributed by atoms with van der Waals surface area (Å²) in [6.07, 6.45) is 0. The molecule has 0 bridgehead atoms. The van der Waals surface area contributed by atoms with E-state index in [4.69, 9.17) is 10.6 Å². The van der Waals surface area contributed by atoms with Crippen LogP contribution in [0.4, 0.5) is 4.79 Å². The minimum atomic E-state index is -0.235. The van der Waals surface area contributed by atoms with E-state index >= 15 is 0 Å². The first kappa shape index (κ1) is 10.9. The summed E-state index contributed by atoms with van der Waals surface area (Å²) >= 11 is 1.13. The number of hydrogen-bond donors (Lipinski definition) is 2. The van der Waals surface area contributed by atoms with Gasteiger partial charge in [0.25, 0.3) is 5.24 Å². The van der Waals surface area contributed by atoms with Crippen LogP contribution in [-0.2, 0) is 5.75 Å². The quantitative estimate of drug-likeness (QED) is 0.453. The lowest BCUT2D eigenvalue weighted by Gasteiger charge is -2.02. The van der Waals surface area contributed by atoms with Crippen LogP contribution in [0.2, 0.25) is 0 Å². The van der Waals surface area contributed by atoms with Gasteiger partial charge in [0, 0.05) is 5.75 Å². The maximum atomic E-state index is 10.8. The van der Waals surface area contributed by atoms with Crippen molar-refractivity contribution in [2.24, 2.45) is 5.84 Å². The summed E-state index contributed by atoms with van der Waals surface area (Å²) < 4.78 is 5.01. The molecule has 0 atom stereocenters. The Balaban J connectivity index is 2.47. The first-order chi connectivity index (χ1) is 6.76. The van der Waals surface area contributed by atoms with Crippen molar-refractivity contribution in [3.8, 4) is 5.75 Å². The predicted molar refractivity (Wildman–Crippen MR) is 57.0 cm³/mol. The number of nitrogens with one attached hydrogen (secondary N) is 1. The van der Waals surface area contributed by atoms with E-state index in [1.165, 1.54) is 0 Å². The van der Waals surface area contributed by atoms with Crippen LogP contribution in [0.25, 0.3) is 0 Å². The van der Waals surface area contributed by atoms with Crippen LogP contribution in [0.1, 0.15) is 5.56 Å². The maximum Gasteiger partial charge on any atom is 0.293 e. The summed E-state index contributed by atoms with van der Waals surface area (Å²) in [6, 6.07) is 7.54. The standard InChI is InChI=1S/C9H12N2O2S/c1-13-8-4-2-7(3-5-8)6-14-9(12)11-10/h2-5H,6,10H2,1H3,(H,11,12). The number of nitrogens with two attached hydrogens (primary N) is 1. The highest BCUT2D eigenvalue weighted by Gasteiger charge is 2.00. The summed E-state index contributed by atoms with van der Waals surface area (Å²) in [7, 11) is 1.62. The molecule has 0 radical (unpaired) electrons. The van der Waals surface area contributed by atoms with Gasteiger partial charge in [0.15, 0.2) is 0 Å². The minimum Gasteiger partial charge on any atom is -0.497 e. The number of benzene rings is 1. The van der Waals surface area contributed by atoms with Crippen molar-refractivity contribution in [1.29, 1.82) is 0 Å². The fourth-order valence-corrected chi connectivity index (χ4v) is 1.49. The minimum absolute atomic E-state index is 0.235. The highest BCUT2D eigenvalue weighted by Crippen LogP contribution is 2.16. The number of amides is 1. The normalized spacial score (nSPS) is 9.57. The van der Waals surface area contributed by atoms with Crippen molar-refractivity contribution in [1.82, 2.24) is 5.43 Å². The molecule has 0 aromatic heterocycles. The van der Waals surface area contributed by atoms with E-state index in [1.807, 2.05) is 24.3 Å². The third-order valence-electron chi connectivity index (χ3n) is 1.65. The van der Waals surface area contributed by atoms with Crippen molar-refractivity contribution in [3.63, 3.8) is 0 Å². The molecule has 1 amide bonds. The van der Waals surface area contributed by atoms with Gasteiger partial charge in [0.05, 0.1) is 7.11 Å². The molecule has 5 heteroatoms. The van der Waals surface area contributed by atoms with Gasteiger partial charge in [-0.25, -0.2) is 5.84 Å². The molecule has 1 rings (SSSR count). The second kappa shape index (κ2) is 5.51. The van der Waals surface area contributed by atoms with Crippen molar-refractivity contribution in [2.75, 3.05) is 7.11 Å². The topological polar surface area (TPSA) is 64.3 Å². The molecular weight excluding hydrogens is 200 g/mol. The molecule has 0 unspecified atom stereocenters. The average Bonchev–Trinajstić information content (AvgIpc) is 2.26. The van der Waals surface area contributed by atoms with E-state index in [2.05, 4.69) is 5.43 Å². The molecule has 0 aliphatic heterocycles. The molecule has 0 spiro atoms. The van der Waals surface area contributed by atoms with E-state index in [0.29, 0.717) is 5.75 Å². The van der Waals surface area contributed by atoms with E-state index < -0.39 is 0 Å². The molecule has 0 saturated heterocycles. The summed E-state index contributed by atoms with van der Waals surface area (Å²) in [5.74, 6) is 6.35. The van der Waals surface area contributed by atoms with Gasteiger partial charge in [0.1, 0.15) is 5.75 Å². The number of carbonyl (C=O) groups is 1. The second-order valence-corrected chi connectivity index (χ2v) is 3.52. The average molecular weight is 212 g/mol. The molecule has 1 aromatic rings. The largest absolute Gasteiger partial charge is 0.497 e. The summed E-state index contributed by atoms with van der Waals surface area (Å²) in [5, 5.41) is -0.235. The van der Waals surface area contributed by atoms with E-state index in [1.54, 1.807) is 7.11 Å². The first-order valence-corrected chi connectivity index (χ1v) is 5.01. The molecule has 0 aliphatic rings. The smallest absolute Gasteiger partial charge is 0.293 e. The Kier molecular flexibility index (Phi) is 4.28. The van der Waals surface area contributed by atoms with Gasteiger partial charge < -0.3 is 4.74 Å². The summed E-state index contributed by atoms with van der Waals surface area (Å²) in [6.45, 7) is 0. The Labute approximate surface area is 86.8 Å². The van der Waals surface area contributed by atoms with E-state index in [9.17, 15) is 4.79 Å². The van der Waals surface area contributed by atoms with Gasteiger partial charge in [-0.1, -0.05) is 23.9 Å². The Hall–Kier alpha value is -1.20. The van der Waals surface area contributed by atoms with Crippen molar-refractivity contribution >= 4 is 17.0 Å². The summed E-state index contributed by atoms with van der Waals surface area (Å²) in [5.41, 5.74) is 3.11. The van der Waals surface area contributed by atoms with Crippen LogP contribution < -0.4 is 16.0 Å². The Morgan fingerprint density at radius 2 is 2.14 bits per heavy atom. The first-order valence-electron chi connectivity index (χ1n) is 4.02. The zero-order valence-electron chi connectivity index (χ0n) is 7.82. The fourth-order valence-electron chi connectivity index (χ4n) is 0.912. The van der Waals surface area contributed by atoms with Gasteiger partial charge in [-0.3, -0.25) is 10.2 Å². The Bertz CT molecular complexity index is 300. The number of carbonyl (C=O) groups excluding carboxylic acids is 1. The Morgan fingerprint density at radius 3 is 2.64 bits per heavy atom. The lowest BCUT2D eigenvalue weighted by molar-refractivity contribution is 0.261. The number of ether oxygens (including phenoxy) is 1. The molecule has 0 fully saturated rings. The van der Waals surface area contributed by atoms with Gasteiger partial charge in [-0.15, -0.1) is 0 Å². The zero-order valence-corrected chi connectivity index (χ0v) is 8.64. The van der Waals surface area contributed by atoms with Crippen LogP contribution in [-0.4, -0.2) is 12.3 Å². The zero-order chi connectivity index (χ0) is 10.4. The number of methoxy groups -OCH3 is 1. The third kappa shape index (κ3) is 3.27. The monoisotopic (exact) mass is 212 g/mol. The molecule has 4 nitrogen and oxygen atoms in total. The highest BCUT2D eigenvalue weighted by molar-refractivity contribution is 8.12. The molecule has 1 aromatic carbocycles. The molecular formula is C9H12N2O2S. The van der Waals surface area contributed by atoms with Crippen LogP contribution in [0.5, 0.6) is 5.75 Å². The molecule has 76 valence electrons. The molecule has 0 heterocycles. The lowest BCUT2D eigenvalue weighted by atomic mass is 10.2. The van der Waals surface area contributed by atoms with Gasteiger partial charge in [-0.2, -0.15) is 0 Å². The second-order valence-electron chi connectivity index (χ2n) is 2.57. The fraction of sp³-hybridized carbons (Fsp3) is 0.222. The number of rotatable bonds is 3. The molecule has 0 aliphatic carbocycles. The van der Waals surface area contributed by atoms with Crippen LogP contribution >= 0.6 is 11.8 Å². The van der Waals surface area contributed by atoms with Crippen molar-refractivity contribution in [3.05, 3.63) is 29.8 Å². The van der Waals surface area contributed by atoms with E-state index in [0.717, 1.165) is 23.1 Å². The van der Waals surface area contributed by atoms with Crippen LogP contribution in [0.15, 0.2) is 24.3 Å². The van der Waals surface area contributed by atoms with Gasteiger partial charge >= 0.3 is 0 Å². The maximum absolute atomic E-state index is 10.8. The van der Waals surface area contributed by atoms with Crippen molar-refractivity contribution < 1.29 is 9.53 Å². The SMILES string of the molecule is COc1ccc(CSC(=O)NN)cc1. The lowest BCUT2D eigenvalue weighted by Crippen LogP contribution is -2.25. The van der Waals surface area contributed by atoms with E-state index in [-0.39, 0.29) is 5.24 Å². The van der Waals surface area contributed by atoms with Crippen LogP contribution in [0.3, 0.4) is 0 Å². The highest BCUT2D eigenvalue weighted by atomic mass is 32.2. The predicted octanol–water partition coefficient (Wildman–Crippen LogP) is 1.51. The number of thioether (sulfide) groups is 1. The third-order valence-corrected chi connectivity index (χ3v) is 2.50. The molecule has 14 heavy (non-hydrogen) atoms. The van der Waals surface area contributed by atoms with Crippen molar-refractivity contribution in [2.45, 2.75) is 5.75 Å². The summed E-state index contributed by atoms with van der Waals surface area (Å²) in [4.78, 5) is 10.8. The molecule has 0 saturated carbocycles. The molecule has 3 N–H and O–H groups in total. The van der Waals surface area contributed by atoms with Crippen LogP contribution in [0, 0.1) is 0 Å². The van der Waals surface area contributed by atoms with Gasteiger partial charge in [0.2, 0.25) is 0 Å². The Morgan fingerprint density at radius 1 is 1.50 bits per heavy atom. The number of hydrogen-bond acceptors (Lipinski definition) is 4. The number of hydrazine groups is 1.